The second-order valence-electron chi connectivity index (χ2n) is 12.1. The van der Waals surface area contributed by atoms with Crippen molar-refractivity contribution < 1.29 is 38.0 Å². The lowest BCUT2D eigenvalue weighted by Crippen LogP contribution is -2.72. The maximum atomic E-state index is 14.0. The van der Waals surface area contributed by atoms with Crippen molar-refractivity contribution in [2.45, 2.75) is 70.4 Å². The number of amides is 1. The molecule has 1 saturated carbocycles. The second kappa shape index (κ2) is 11.4. The number of ether oxygens (including phenoxy) is 3. The zero-order valence-corrected chi connectivity index (χ0v) is 24.6. The van der Waals surface area contributed by atoms with Crippen molar-refractivity contribution in [1.29, 1.82) is 0 Å². The van der Waals surface area contributed by atoms with Crippen LogP contribution in [-0.4, -0.2) is 42.2 Å². The number of carbonyl (C=O) groups excluding carboxylic acids is 2. The number of fused-ring (bicyclic) bond motifs is 2. The van der Waals surface area contributed by atoms with Gasteiger partial charge in [-0.1, -0.05) is 31.5 Å². The van der Waals surface area contributed by atoms with Gasteiger partial charge in [-0.3, -0.25) is 9.59 Å². The average Bonchev–Trinajstić information content (AvgIpc) is 3.20. The summed E-state index contributed by atoms with van der Waals surface area (Å²) in [6.07, 6.45) is 5.14. The molecular formula is C32H35ClFNO7. The molecule has 7 rings (SSSR count). The highest BCUT2D eigenvalue weighted by molar-refractivity contribution is 6.30. The summed E-state index contributed by atoms with van der Waals surface area (Å²) in [6, 6.07) is 10.6. The van der Waals surface area contributed by atoms with Crippen LogP contribution in [0.2, 0.25) is 5.02 Å². The standard InChI is InChI=1S/C32H35ClFNO7/c1-18-4-12-25-19(2)29(39-30-32(25)24(18)14-15-31(3,40-30)41-42-32)35-28(37)17-38-23-10-6-21(7-11-23)27(36)13-8-20-5-9-22(33)16-26(20)34/h5-11,13,16,18-19,24-25,29-30H,4,12,14-15,17H2,1-3H3,(H,35,37)/b13-8+/t18-,19-,24+,25+,29-,30-,31-,32-/m1/s1. The first-order valence-electron chi connectivity index (χ1n) is 14.5. The number of nitrogens with one attached hydrogen (secondary N) is 1. The minimum absolute atomic E-state index is 0.0328. The molecule has 2 aromatic carbocycles. The molecule has 4 aliphatic heterocycles. The fourth-order valence-corrected chi connectivity index (χ4v) is 7.19. The average molecular weight is 600 g/mol. The second-order valence-corrected chi connectivity index (χ2v) is 12.5. The Balaban J connectivity index is 1.06. The normalized spacial score (nSPS) is 35.4. The molecule has 5 aliphatic rings. The quantitative estimate of drug-likeness (QED) is 0.234. The van der Waals surface area contributed by atoms with Crippen LogP contribution < -0.4 is 10.1 Å². The highest BCUT2D eigenvalue weighted by Gasteiger charge is 2.69. The number of ketones is 1. The van der Waals surface area contributed by atoms with Gasteiger partial charge in [-0.15, -0.1) is 0 Å². The first-order valence-corrected chi connectivity index (χ1v) is 14.9. The lowest BCUT2D eigenvalue weighted by molar-refractivity contribution is -0.571. The predicted octanol–water partition coefficient (Wildman–Crippen LogP) is 6.08. The van der Waals surface area contributed by atoms with Crippen LogP contribution in [0, 0.1) is 29.5 Å². The summed E-state index contributed by atoms with van der Waals surface area (Å²) in [5.74, 6) is -0.831. The molecule has 4 heterocycles. The van der Waals surface area contributed by atoms with E-state index in [1.54, 1.807) is 30.3 Å². The van der Waals surface area contributed by atoms with Crippen LogP contribution in [0.4, 0.5) is 4.39 Å². The van der Waals surface area contributed by atoms with Crippen molar-refractivity contribution in [3.05, 3.63) is 70.5 Å². The van der Waals surface area contributed by atoms with Crippen molar-refractivity contribution in [3.8, 4) is 5.75 Å². The number of hydrogen-bond acceptors (Lipinski definition) is 7. The third kappa shape index (κ3) is 5.37. The van der Waals surface area contributed by atoms with Gasteiger partial charge in [0.1, 0.15) is 17.8 Å². The van der Waals surface area contributed by atoms with Crippen molar-refractivity contribution >= 4 is 29.4 Å². The van der Waals surface area contributed by atoms with Crippen LogP contribution >= 0.6 is 11.6 Å². The fourth-order valence-electron chi connectivity index (χ4n) is 7.03. The Hall–Kier alpha value is -2.82. The van der Waals surface area contributed by atoms with Crippen LogP contribution in [-0.2, 0) is 24.0 Å². The Bertz CT molecular complexity index is 1390. The molecule has 2 bridgehead atoms. The van der Waals surface area contributed by atoms with Crippen LogP contribution in [0.1, 0.15) is 62.4 Å². The fraction of sp³-hybridized carbons (Fsp3) is 0.500. The van der Waals surface area contributed by atoms with Gasteiger partial charge in [-0.2, -0.15) is 0 Å². The molecule has 1 N–H and O–H groups in total. The van der Waals surface area contributed by atoms with Crippen LogP contribution in [0.25, 0.3) is 6.08 Å². The molecule has 1 spiro atoms. The van der Waals surface area contributed by atoms with E-state index in [2.05, 4.69) is 19.2 Å². The van der Waals surface area contributed by atoms with E-state index < -0.39 is 29.7 Å². The highest BCUT2D eigenvalue weighted by atomic mass is 35.5. The number of hydrogen-bond donors (Lipinski definition) is 1. The van der Waals surface area contributed by atoms with E-state index in [1.165, 1.54) is 24.3 Å². The van der Waals surface area contributed by atoms with E-state index in [9.17, 15) is 14.0 Å². The van der Waals surface area contributed by atoms with Gasteiger partial charge in [-0.25, -0.2) is 14.2 Å². The van der Waals surface area contributed by atoms with Crippen molar-refractivity contribution in [2.75, 3.05) is 6.61 Å². The zero-order chi connectivity index (χ0) is 29.6. The third-order valence-corrected chi connectivity index (χ3v) is 9.58. The maximum absolute atomic E-state index is 14.0. The molecule has 4 saturated heterocycles. The molecular weight excluding hydrogens is 565 g/mol. The van der Waals surface area contributed by atoms with Crippen LogP contribution in [0.5, 0.6) is 5.75 Å². The molecule has 0 aromatic heterocycles. The van der Waals surface area contributed by atoms with Gasteiger partial charge in [-0.05, 0) is 86.6 Å². The summed E-state index contributed by atoms with van der Waals surface area (Å²) >= 11 is 5.77. The van der Waals surface area contributed by atoms with E-state index in [1.807, 2.05) is 6.92 Å². The molecule has 1 aliphatic carbocycles. The summed E-state index contributed by atoms with van der Waals surface area (Å²) < 4.78 is 32.4. The first kappa shape index (κ1) is 29.3. The Labute approximate surface area is 249 Å². The van der Waals surface area contributed by atoms with Crippen molar-refractivity contribution in [1.82, 2.24) is 5.32 Å². The molecule has 2 aromatic rings. The highest BCUT2D eigenvalue weighted by Crippen LogP contribution is 2.60. The lowest BCUT2D eigenvalue weighted by Gasteiger charge is -2.60. The molecule has 0 unspecified atom stereocenters. The van der Waals surface area contributed by atoms with E-state index in [0.29, 0.717) is 17.2 Å². The molecule has 8 nitrogen and oxygen atoms in total. The van der Waals surface area contributed by atoms with Gasteiger partial charge in [0.05, 0.1) is 0 Å². The van der Waals surface area contributed by atoms with E-state index >= 15 is 0 Å². The van der Waals surface area contributed by atoms with Gasteiger partial charge < -0.3 is 19.5 Å². The molecule has 5 fully saturated rings. The topological polar surface area (TPSA) is 92.3 Å². The van der Waals surface area contributed by atoms with Gasteiger partial charge in [0.15, 0.2) is 24.3 Å². The van der Waals surface area contributed by atoms with Crippen LogP contribution in [0.3, 0.4) is 0 Å². The Morgan fingerprint density at radius 2 is 1.88 bits per heavy atom. The van der Waals surface area contributed by atoms with Crippen molar-refractivity contribution in [3.63, 3.8) is 0 Å². The van der Waals surface area contributed by atoms with Gasteiger partial charge in [0, 0.05) is 34.4 Å². The monoisotopic (exact) mass is 599 g/mol. The Morgan fingerprint density at radius 3 is 2.64 bits per heavy atom. The van der Waals surface area contributed by atoms with E-state index in [0.717, 1.165) is 25.7 Å². The van der Waals surface area contributed by atoms with E-state index in [4.69, 9.17) is 35.6 Å². The Morgan fingerprint density at radius 1 is 1.10 bits per heavy atom. The number of halogens is 2. The Kier molecular flexibility index (Phi) is 7.91. The SMILES string of the molecule is C[C@H]1[C@H](NC(=O)COc2ccc(C(=O)/C=C/c3ccc(Cl)cc3F)cc2)O[C@@H]2O[C@@]3(C)CC[C@H]4[C@H](C)CC[C@@H]1[C@@]24OO3. The zero-order valence-electron chi connectivity index (χ0n) is 23.8. The number of rotatable bonds is 7. The summed E-state index contributed by atoms with van der Waals surface area (Å²) in [7, 11) is 0. The molecule has 10 heteroatoms. The molecule has 8 atom stereocenters. The summed E-state index contributed by atoms with van der Waals surface area (Å²) in [5.41, 5.74) is -0.0352. The van der Waals surface area contributed by atoms with Crippen LogP contribution in [0.15, 0.2) is 48.5 Å². The molecule has 1 amide bonds. The van der Waals surface area contributed by atoms with E-state index in [-0.39, 0.29) is 46.6 Å². The number of benzene rings is 2. The van der Waals surface area contributed by atoms with Crippen molar-refractivity contribution in [2.24, 2.45) is 23.7 Å². The molecule has 0 radical (unpaired) electrons. The minimum atomic E-state index is -0.884. The summed E-state index contributed by atoms with van der Waals surface area (Å²) in [6.45, 7) is 5.97. The molecule has 224 valence electrons. The lowest BCUT2D eigenvalue weighted by atomic mass is 9.58. The minimum Gasteiger partial charge on any atom is -0.484 e. The largest absolute Gasteiger partial charge is 0.484 e. The summed E-state index contributed by atoms with van der Waals surface area (Å²) in [4.78, 5) is 37.5. The number of allylic oxidation sites excluding steroid dienone is 1. The van der Waals surface area contributed by atoms with Gasteiger partial charge in [0.25, 0.3) is 5.91 Å². The predicted molar refractivity (Wildman–Crippen MR) is 152 cm³/mol. The van der Waals surface area contributed by atoms with Gasteiger partial charge >= 0.3 is 0 Å². The first-order chi connectivity index (χ1) is 20.1. The number of carbonyl (C=O) groups is 2. The smallest absolute Gasteiger partial charge is 0.259 e. The summed E-state index contributed by atoms with van der Waals surface area (Å²) in [5, 5.41) is 3.26. The third-order valence-electron chi connectivity index (χ3n) is 9.35. The van der Waals surface area contributed by atoms with Gasteiger partial charge in [0.2, 0.25) is 5.79 Å². The maximum Gasteiger partial charge on any atom is 0.259 e. The molecule has 42 heavy (non-hydrogen) atoms.